The number of carbonyl (C=O) groups excluding carboxylic acids is 1. The number of halogens is 1. The zero-order valence-corrected chi connectivity index (χ0v) is 9.99. The van der Waals surface area contributed by atoms with Gasteiger partial charge in [0.05, 0.1) is 5.02 Å². The summed E-state index contributed by atoms with van der Waals surface area (Å²) in [7, 11) is 0. The number of rotatable bonds is 4. The van der Waals surface area contributed by atoms with E-state index in [1.807, 2.05) is 0 Å². The van der Waals surface area contributed by atoms with E-state index < -0.39 is 0 Å². The lowest BCUT2D eigenvalue weighted by atomic mass is 10.3. The Morgan fingerprint density at radius 1 is 1.44 bits per heavy atom. The van der Waals surface area contributed by atoms with Crippen molar-refractivity contribution in [2.45, 2.75) is 6.42 Å². The van der Waals surface area contributed by atoms with Crippen molar-refractivity contribution in [1.29, 1.82) is 0 Å². The van der Waals surface area contributed by atoms with Gasteiger partial charge < -0.3 is 5.32 Å². The van der Waals surface area contributed by atoms with Crippen LogP contribution in [0.5, 0.6) is 0 Å². The number of hydrogen-bond acceptors (Lipinski definition) is 4. The topological polar surface area (TPSA) is 104 Å². The lowest BCUT2D eigenvalue weighted by Crippen LogP contribution is -2.26. The van der Waals surface area contributed by atoms with Gasteiger partial charge in [-0.05, 0) is 12.1 Å². The van der Waals surface area contributed by atoms with Crippen molar-refractivity contribution in [3.63, 3.8) is 0 Å². The summed E-state index contributed by atoms with van der Waals surface area (Å²) in [6.45, 7) is 0.351. The average Bonchev–Trinajstić information content (AvgIpc) is 2.76. The normalized spacial score (nSPS) is 10.3. The molecular weight excluding hydrogens is 258 g/mol. The summed E-state index contributed by atoms with van der Waals surface area (Å²) in [4.78, 5) is 28.8. The molecular formula is C10H10ClN5O2. The van der Waals surface area contributed by atoms with Crippen LogP contribution in [-0.4, -0.2) is 32.6 Å². The Hall–Kier alpha value is -2.15. The van der Waals surface area contributed by atoms with Gasteiger partial charge >= 0.3 is 5.69 Å². The molecule has 0 saturated heterocycles. The minimum Gasteiger partial charge on any atom is -0.350 e. The van der Waals surface area contributed by atoms with Crippen molar-refractivity contribution in [1.82, 2.24) is 25.5 Å². The van der Waals surface area contributed by atoms with Crippen LogP contribution in [0.2, 0.25) is 5.02 Å². The Morgan fingerprint density at radius 2 is 2.28 bits per heavy atom. The molecule has 0 aliphatic carbocycles. The van der Waals surface area contributed by atoms with Gasteiger partial charge in [0.15, 0.2) is 0 Å². The Bertz CT molecular complexity index is 589. The quantitative estimate of drug-likeness (QED) is 0.732. The second-order valence-electron chi connectivity index (χ2n) is 3.49. The molecule has 3 N–H and O–H groups in total. The number of hydrogen-bond donors (Lipinski definition) is 3. The van der Waals surface area contributed by atoms with Crippen molar-refractivity contribution in [2.75, 3.05) is 6.54 Å². The zero-order chi connectivity index (χ0) is 13.0. The minimum absolute atomic E-state index is 0.287. The summed E-state index contributed by atoms with van der Waals surface area (Å²) < 4.78 is 0. The molecule has 0 atom stereocenters. The molecule has 2 rings (SSSR count). The number of aromatic amines is 2. The molecule has 18 heavy (non-hydrogen) atoms. The molecule has 7 nitrogen and oxygen atoms in total. The Morgan fingerprint density at radius 3 is 2.89 bits per heavy atom. The summed E-state index contributed by atoms with van der Waals surface area (Å²) in [6, 6.07) is 3.13. The highest BCUT2D eigenvalue weighted by atomic mass is 35.5. The molecule has 8 heteroatoms. The number of pyridine rings is 1. The van der Waals surface area contributed by atoms with Crippen LogP contribution < -0.4 is 11.0 Å². The summed E-state index contributed by atoms with van der Waals surface area (Å²) in [5, 5.41) is 9.09. The van der Waals surface area contributed by atoms with E-state index in [9.17, 15) is 9.59 Å². The van der Waals surface area contributed by atoms with Gasteiger partial charge in [-0.1, -0.05) is 11.6 Å². The average molecular weight is 268 g/mol. The molecule has 0 aliphatic heterocycles. The lowest BCUT2D eigenvalue weighted by Gasteiger charge is -2.02. The number of H-pyrrole nitrogens is 2. The summed E-state index contributed by atoms with van der Waals surface area (Å²) in [5.41, 5.74) is -0.0781. The SMILES string of the molecule is O=C(NCCc1n[nH]c(=O)[nH]1)c1ccc(Cl)cn1. The maximum Gasteiger partial charge on any atom is 0.340 e. The first-order valence-electron chi connectivity index (χ1n) is 5.18. The van der Waals surface area contributed by atoms with Gasteiger partial charge in [-0.2, -0.15) is 5.10 Å². The maximum atomic E-state index is 11.6. The van der Waals surface area contributed by atoms with E-state index in [1.54, 1.807) is 6.07 Å². The van der Waals surface area contributed by atoms with Crippen LogP contribution >= 0.6 is 11.6 Å². The molecule has 0 fully saturated rings. The largest absolute Gasteiger partial charge is 0.350 e. The number of aromatic nitrogens is 4. The van der Waals surface area contributed by atoms with Crippen LogP contribution in [0.1, 0.15) is 16.3 Å². The number of nitrogens with one attached hydrogen (secondary N) is 3. The second-order valence-corrected chi connectivity index (χ2v) is 3.93. The monoisotopic (exact) mass is 267 g/mol. The first kappa shape index (κ1) is 12.3. The summed E-state index contributed by atoms with van der Waals surface area (Å²) in [5.74, 6) is 0.189. The third-order valence-corrected chi connectivity index (χ3v) is 2.38. The van der Waals surface area contributed by atoms with Crippen LogP contribution in [-0.2, 0) is 6.42 Å². The third kappa shape index (κ3) is 3.17. The molecule has 0 bridgehead atoms. The van der Waals surface area contributed by atoms with Crippen molar-refractivity contribution >= 4 is 17.5 Å². The highest BCUT2D eigenvalue weighted by molar-refractivity contribution is 6.30. The van der Waals surface area contributed by atoms with E-state index in [4.69, 9.17) is 11.6 Å². The first-order valence-corrected chi connectivity index (χ1v) is 5.56. The molecule has 2 aromatic heterocycles. The molecule has 1 amide bonds. The van der Waals surface area contributed by atoms with Gasteiger partial charge in [-0.25, -0.2) is 14.9 Å². The van der Waals surface area contributed by atoms with Crippen LogP contribution in [0.4, 0.5) is 0 Å². The Labute approximate surface area is 107 Å². The smallest absolute Gasteiger partial charge is 0.340 e. The van der Waals surface area contributed by atoms with Crippen molar-refractivity contribution < 1.29 is 4.79 Å². The van der Waals surface area contributed by atoms with Crippen molar-refractivity contribution in [3.8, 4) is 0 Å². The van der Waals surface area contributed by atoms with Crippen LogP contribution in [0.25, 0.3) is 0 Å². The summed E-state index contributed by atoms with van der Waals surface area (Å²) >= 11 is 5.66. The summed E-state index contributed by atoms with van der Waals surface area (Å²) in [6.07, 6.45) is 1.83. The Balaban J connectivity index is 1.85. The highest BCUT2D eigenvalue weighted by Crippen LogP contribution is 2.05. The van der Waals surface area contributed by atoms with Crippen molar-refractivity contribution in [3.05, 3.63) is 45.4 Å². The Kier molecular flexibility index (Phi) is 3.73. The molecule has 0 aromatic carbocycles. The van der Waals surface area contributed by atoms with Crippen LogP contribution in [0.15, 0.2) is 23.1 Å². The van der Waals surface area contributed by atoms with E-state index in [1.165, 1.54) is 12.3 Å². The fraction of sp³-hybridized carbons (Fsp3) is 0.200. The van der Waals surface area contributed by atoms with Crippen molar-refractivity contribution in [2.24, 2.45) is 0 Å². The van der Waals surface area contributed by atoms with E-state index in [0.29, 0.717) is 23.8 Å². The molecule has 2 aromatic rings. The van der Waals surface area contributed by atoms with E-state index in [0.717, 1.165) is 0 Å². The van der Waals surface area contributed by atoms with Gasteiger partial charge in [0.25, 0.3) is 5.91 Å². The predicted octanol–water partition coefficient (Wildman–Crippen LogP) is 0.119. The molecule has 0 saturated carbocycles. The lowest BCUT2D eigenvalue weighted by molar-refractivity contribution is 0.0949. The molecule has 0 unspecified atom stereocenters. The van der Waals surface area contributed by atoms with Gasteiger partial charge in [0.1, 0.15) is 11.5 Å². The van der Waals surface area contributed by atoms with Gasteiger partial charge in [-0.3, -0.25) is 9.78 Å². The third-order valence-electron chi connectivity index (χ3n) is 2.16. The molecule has 2 heterocycles. The van der Waals surface area contributed by atoms with Gasteiger partial charge in [-0.15, -0.1) is 0 Å². The van der Waals surface area contributed by atoms with E-state index in [2.05, 4.69) is 25.5 Å². The van der Waals surface area contributed by atoms with E-state index >= 15 is 0 Å². The van der Waals surface area contributed by atoms with Crippen LogP contribution in [0.3, 0.4) is 0 Å². The molecule has 0 spiro atoms. The fourth-order valence-corrected chi connectivity index (χ4v) is 1.43. The highest BCUT2D eigenvalue weighted by Gasteiger charge is 2.06. The predicted molar refractivity (Wildman–Crippen MR) is 64.5 cm³/mol. The second kappa shape index (κ2) is 5.46. The van der Waals surface area contributed by atoms with Gasteiger partial charge in [0, 0.05) is 19.2 Å². The van der Waals surface area contributed by atoms with Crippen LogP contribution in [0, 0.1) is 0 Å². The van der Waals surface area contributed by atoms with Gasteiger partial charge in [0.2, 0.25) is 0 Å². The first-order chi connectivity index (χ1) is 8.65. The molecule has 0 aliphatic rings. The minimum atomic E-state index is -0.365. The standard InChI is InChI=1S/C10H10ClN5O2/c11-6-1-2-7(13-5-6)9(17)12-4-3-8-14-10(18)16-15-8/h1-2,5H,3-4H2,(H,12,17)(H2,14,15,16,18). The maximum absolute atomic E-state index is 11.6. The number of amides is 1. The fourth-order valence-electron chi connectivity index (χ4n) is 1.32. The van der Waals surface area contributed by atoms with E-state index in [-0.39, 0.29) is 17.3 Å². The zero-order valence-electron chi connectivity index (χ0n) is 9.24. The number of carbonyl (C=O) groups is 1. The molecule has 94 valence electrons. The number of nitrogens with zero attached hydrogens (tertiary/aromatic N) is 2. The molecule has 0 radical (unpaired) electrons.